The first-order valence-corrected chi connectivity index (χ1v) is 10.4. The first kappa shape index (κ1) is 19.3. The van der Waals surface area contributed by atoms with Crippen LogP contribution in [-0.4, -0.2) is 25.0 Å². The van der Waals surface area contributed by atoms with Crippen molar-refractivity contribution in [1.82, 2.24) is 25.0 Å². The van der Waals surface area contributed by atoms with Gasteiger partial charge in [0.25, 0.3) is 5.89 Å². The quantitative estimate of drug-likeness (QED) is 0.613. The van der Waals surface area contributed by atoms with Crippen LogP contribution in [-0.2, 0) is 23.8 Å². The molecule has 2 bridgehead atoms. The van der Waals surface area contributed by atoms with Gasteiger partial charge < -0.3 is 8.98 Å². The zero-order valence-electron chi connectivity index (χ0n) is 17.5. The standard InChI is InChI=1S/C22H25F2N5O/c1-14-6-4-5-7-15(14)16-25-26-17(29(16)3)21-8-11-22(12-9-21,13-10-21)19-28-27-18(30-19)20(2,23)24/h4-7H,8-13H2,1-3H3. The Kier molecular flexibility index (Phi) is 4.14. The van der Waals surface area contributed by atoms with Crippen LogP contribution < -0.4 is 0 Å². The highest BCUT2D eigenvalue weighted by atomic mass is 19.3. The molecule has 0 atom stereocenters. The monoisotopic (exact) mass is 413 g/mol. The van der Waals surface area contributed by atoms with Gasteiger partial charge in [0, 0.05) is 30.4 Å². The molecule has 0 spiro atoms. The van der Waals surface area contributed by atoms with E-state index in [1.165, 1.54) is 5.56 Å². The summed E-state index contributed by atoms with van der Waals surface area (Å²) in [6, 6.07) is 8.19. The third kappa shape index (κ3) is 2.80. The molecule has 0 radical (unpaired) electrons. The van der Waals surface area contributed by atoms with Gasteiger partial charge in [-0.05, 0) is 51.0 Å². The van der Waals surface area contributed by atoms with Crippen molar-refractivity contribution in [3.05, 3.63) is 47.4 Å². The molecule has 3 saturated carbocycles. The second-order valence-electron chi connectivity index (χ2n) is 9.08. The molecule has 0 amide bonds. The molecule has 0 saturated heterocycles. The Bertz CT molecular complexity index is 1070. The van der Waals surface area contributed by atoms with Gasteiger partial charge in [-0.3, -0.25) is 0 Å². The zero-order chi connectivity index (χ0) is 21.1. The lowest BCUT2D eigenvalue weighted by Crippen LogP contribution is -2.47. The summed E-state index contributed by atoms with van der Waals surface area (Å²) >= 11 is 0. The van der Waals surface area contributed by atoms with Crippen LogP contribution in [0.5, 0.6) is 0 Å². The van der Waals surface area contributed by atoms with Gasteiger partial charge in [-0.25, -0.2) is 0 Å². The van der Waals surface area contributed by atoms with E-state index >= 15 is 0 Å². The number of aromatic nitrogens is 5. The second kappa shape index (κ2) is 6.43. The van der Waals surface area contributed by atoms with Gasteiger partial charge in [-0.1, -0.05) is 24.3 Å². The minimum atomic E-state index is -3.11. The maximum Gasteiger partial charge on any atom is 0.321 e. The number of nitrogens with zero attached hydrogens (tertiary/aromatic N) is 5. The predicted octanol–water partition coefficient (Wildman–Crippen LogP) is 4.83. The molecule has 2 heterocycles. The molecule has 2 aromatic heterocycles. The summed E-state index contributed by atoms with van der Waals surface area (Å²) in [4.78, 5) is 0. The molecule has 8 heteroatoms. The average Bonchev–Trinajstić information content (AvgIpc) is 3.38. The van der Waals surface area contributed by atoms with Gasteiger partial charge >= 0.3 is 5.92 Å². The molecule has 6 rings (SSSR count). The Morgan fingerprint density at radius 1 is 0.933 bits per heavy atom. The van der Waals surface area contributed by atoms with Crippen LogP contribution in [0.25, 0.3) is 11.4 Å². The molecule has 30 heavy (non-hydrogen) atoms. The summed E-state index contributed by atoms with van der Waals surface area (Å²) in [7, 11) is 2.04. The molecule has 3 aliphatic rings. The van der Waals surface area contributed by atoms with E-state index < -0.39 is 11.8 Å². The van der Waals surface area contributed by atoms with Crippen molar-refractivity contribution in [3.63, 3.8) is 0 Å². The molecular weight excluding hydrogens is 388 g/mol. The molecule has 0 aliphatic heterocycles. The van der Waals surface area contributed by atoms with Gasteiger partial charge in [-0.2, -0.15) is 8.78 Å². The minimum absolute atomic E-state index is 0.0397. The van der Waals surface area contributed by atoms with E-state index in [0.29, 0.717) is 5.89 Å². The van der Waals surface area contributed by atoms with Gasteiger partial charge in [0.1, 0.15) is 5.82 Å². The van der Waals surface area contributed by atoms with Crippen LogP contribution in [0, 0.1) is 6.92 Å². The fraction of sp³-hybridized carbons (Fsp3) is 0.545. The summed E-state index contributed by atoms with van der Waals surface area (Å²) in [6.07, 6.45) is 5.22. The number of fused-ring (bicyclic) bond motifs is 3. The molecular formula is C22H25F2N5O. The first-order chi connectivity index (χ1) is 14.2. The Morgan fingerprint density at radius 3 is 2.17 bits per heavy atom. The third-order valence-corrected chi connectivity index (χ3v) is 7.24. The number of benzene rings is 1. The van der Waals surface area contributed by atoms with E-state index in [-0.39, 0.29) is 10.8 Å². The SMILES string of the molecule is Cc1ccccc1-c1nnc(C23CCC(c4nnc(C(C)(F)F)o4)(CC2)CC3)n1C. The van der Waals surface area contributed by atoms with Crippen LogP contribution in [0.4, 0.5) is 8.78 Å². The molecule has 0 unspecified atom stereocenters. The Morgan fingerprint density at radius 2 is 1.57 bits per heavy atom. The summed E-state index contributed by atoms with van der Waals surface area (Å²) in [6.45, 7) is 2.87. The molecule has 0 N–H and O–H groups in total. The molecule has 3 fully saturated rings. The Labute approximate surface area is 173 Å². The van der Waals surface area contributed by atoms with Crippen LogP contribution in [0.15, 0.2) is 28.7 Å². The third-order valence-electron chi connectivity index (χ3n) is 7.24. The molecule has 3 aliphatic carbocycles. The second-order valence-corrected chi connectivity index (χ2v) is 9.08. The van der Waals surface area contributed by atoms with Crippen molar-refractivity contribution >= 4 is 0 Å². The van der Waals surface area contributed by atoms with Crippen molar-refractivity contribution < 1.29 is 13.2 Å². The summed E-state index contributed by atoms with van der Waals surface area (Å²) < 4.78 is 34.7. The smallest absolute Gasteiger partial charge is 0.321 e. The van der Waals surface area contributed by atoms with Crippen molar-refractivity contribution in [2.24, 2.45) is 7.05 Å². The lowest BCUT2D eigenvalue weighted by atomic mass is 9.53. The number of halogens is 2. The normalized spacial score (nSPS) is 26.3. The lowest BCUT2D eigenvalue weighted by molar-refractivity contribution is -0.0154. The minimum Gasteiger partial charge on any atom is -0.419 e. The van der Waals surface area contributed by atoms with Crippen LogP contribution in [0.2, 0.25) is 0 Å². The number of aryl methyl sites for hydroxylation is 1. The highest BCUT2D eigenvalue weighted by molar-refractivity contribution is 5.60. The number of alkyl halides is 2. The van der Waals surface area contributed by atoms with Crippen molar-refractivity contribution in [2.75, 3.05) is 0 Å². The number of rotatable bonds is 4. The van der Waals surface area contributed by atoms with Gasteiger partial charge in [-0.15, -0.1) is 20.4 Å². The van der Waals surface area contributed by atoms with Gasteiger partial charge in [0.15, 0.2) is 5.82 Å². The fourth-order valence-corrected chi connectivity index (χ4v) is 5.31. The molecule has 1 aromatic carbocycles. The molecule has 3 aromatic rings. The van der Waals surface area contributed by atoms with Crippen molar-refractivity contribution in [2.45, 2.75) is 69.1 Å². The lowest BCUT2D eigenvalue weighted by Gasteiger charge is -2.51. The number of hydrogen-bond donors (Lipinski definition) is 0. The highest BCUT2D eigenvalue weighted by Gasteiger charge is 2.54. The largest absolute Gasteiger partial charge is 0.419 e. The van der Waals surface area contributed by atoms with Crippen LogP contribution >= 0.6 is 0 Å². The van der Waals surface area contributed by atoms with Crippen molar-refractivity contribution in [3.8, 4) is 11.4 Å². The summed E-state index contributed by atoms with van der Waals surface area (Å²) in [5, 5.41) is 16.8. The Hall–Kier alpha value is -2.64. The van der Waals surface area contributed by atoms with Crippen LogP contribution in [0.3, 0.4) is 0 Å². The number of hydrogen-bond acceptors (Lipinski definition) is 5. The summed E-state index contributed by atoms with van der Waals surface area (Å²) in [5.74, 6) is -1.44. The Balaban J connectivity index is 1.43. The van der Waals surface area contributed by atoms with E-state index in [1.807, 2.05) is 19.2 Å². The fourth-order valence-electron chi connectivity index (χ4n) is 5.31. The van der Waals surface area contributed by atoms with E-state index in [4.69, 9.17) is 4.42 Å². The molecule has 6 nitrogen and oxygen atoms in total. The highest BCUT2D eigenvalue weighted by Crippen LogP contribution is 2.58. The topological polar surface area (TPSA) is 69.6 Å². The van der Waals surface area contributed by atoms with Crippen LogP contribution in [0.1, 0.15) is 68.6 Å². The molecule has 158 valence electrons. The average molecular weight is 413 g/mol. The first-order valence-electron chi connectivity index (χ1n) is 10.4. The predicted molar refractivity (Wildman–Crippen MR) is 106 cm³/mol. The van der Waals surface area contributed by atoms with E-state index in [0.717, 1.165) is 62.7 Å². The van der Waals surface area contributed by atoms with Gasteiger partial charge in [0.2, 0.25) is 5.89 Å². The zero-order valence-corrected chi connectivity index (χ0v) is 17.5. The van der Waals surface area contributed by atoms with Gasteiger partial charge in [0.05, 0.1) is 0 Å². The maximum absolute atomic E-state index is 13.6. The van der Waals surface area contributed by atoms with E-state index in [9.17, 15) is 8.78 Å². The van der Waals surface area contributed by atoms with E-state index in [2.05, 4.69) is 44.0 Å². The van der Waals surface area contributed by atoms with Crippen molar-refractivity contribution in [1.29, 1.82) is 0 Å². The summed E-state index contributed by atoms with van der Waals surface area (Å²) in [5.41, 5.74) is 1.93. The maximum atomic E-state index is 13.6. The van der Waals surface area contributed by atoms with E-state index in [1.54, 1.807) is 0 Å².